The number of aromatic carboxylic acids is 1. The van der Waals surface area contributed by atoms with Gasteiger partial charge in [-0.2, -0.15) is 0 Å². The third-order valence-electron chi connectivity index (χ3n) is 3.67. The molecule has 5 heteroatoms. The summed E-state index contributed by atoms with van der Waals surface area (Å²) in [5, 5.41) is 12.7. The number of pyridine rings is 1. The lowest BCUT2D eigenvalue weighted by Crippen LogP contribution is -2.36. The van der Waals surface area contributed by atoms with E-state index in [4.69, 9.17) is 0 Å². The van der Waals surface area contributed by atoms with Gasteiger partial charge in [0.1, 0.15) is 5.82 Å². The molecule has 5 nitrogen and oxygen atoms in total. The Labute approximate surface area is 111 Å². The number of carboxylic acids is 1. The van der Waals surface area contributed by atoms with Gasteiger partial charge in [-0.25, -0.2) is 9.78 Å². The van der Waals surface area contributed by atoms with Gasteiger partial charge in [-0.05, 0) is 31.5 Å². The number of aromatic nitrogens is 2. The summed E-state index contributed by atoms with van der Waals surface area (Å²) in [4.78, 5) is 15.5. The molecule has 19 heavy (non-hydrogen) atoms. The van der Waals surface area contributed by atoms with E-state index in [2.05, 4.69) is 10.3 Å². The summed E-state index contributed by atoms with van der Waals surface area (Å²) in [5.74, 6) is -0.140. The number of imidazole rings is 1. The second-order valence-electron chi connectivity index (χ2n) is 4.99. The number of carboxylic acid groups (broad SMARTS) is 1. The predicted molar refractivity (Wildman–Crippen MR) is 71.5 cm³/mol. The van der Waals surface area contributed by atoms with Gasteiger partial charge in [0.2, 0.25) is 0 Å². The van der Waals surface area contributed by atoms with Gasteiger partial charge in [0.25, 0.3) is 0 Å². The maximum Gasteiger partial charge on any atom is 0.356 e. The molecule has 2 N–H and O–H groups in total. The van der Waals surface area contributed by atoms with E-state index >= 15 is 0 Å². The van der Waals surface area contributed by atoms with E-state index < -0.39 is 5.97 Å². The fourth-order valence-corrected chi connectivity index (χ4v) is 2.72. The highest BCUT2D eigenvalue weighted by Gasteiger charge is 2.20. The number of nitrogens with zero attached hydrogens (tertiary/aromatic N) is 2. The molecule has 1 saturated heterocycles. The number of nitrogens with one attached hydrogen (secondary N) is 1. The zero-order valence-corrected chi connectivity index (χ0v) is 10.7. The van der Waals surface area contributed by atoms with Gasteiger partial charge >= 0.3 is 5.97 Å². The average molecular weight is 259 g/mol. The summed E-state index contributed by atoms with van der Waals surface area (Å²) in [6.07, 6.45) is 6.24. The standard InChI is InChI=1S/C14H17N3O2/c18-14(19)13-11-6-2-4-8-17(11)12(16-13)9-10-5-1-3-7-15-10/h2,4,6,8,10,15H,1,3,5,7,9H2,(H,18,19). The van der Waals surface area contributed by atoms with E-state index in [0.717, 1.165) is 25.2 Å². The first-order chi connectivity index (χ1) is 9.25. The van der Waals surface area contributed by atoms with Crippen LogP contribution in [0.2, 0.25) is 0 Å². The quantitative estimate of drug-likeness (QED) is 0.880. The molecule has 0 aromatic carbocycles. The number of piperidine rings is 1. The van der Waals surface area contributed by atoms with Crippen LogP contribution in [0.1, 0.15) is 35.6 Å². The maximum atomic E-state index is 11.2. The Balaban J connectivity index is 1.96. The topological polar surface area (TPSA) is 66.6 Å². The van der Waals surface area contributed by atoms with Gasteiger partial charge in [0.05, 0.1) is 5.52 Å². The molecule has 0 bridgehead atoms. The van der Waals surface area contributed by atoms with E-state index in [0.29, 0.717) is 11.6 Å². The van der Waals surface area contributed by atoms with Crippen LogP contribution in [0, 0.1) is 0 Å². The summed E-state index contributed by atoms with van der Waals surface area (Å²) < 4.78 is 1.89. The van der Waals surface area contributed by atoms with Crippen LogP contribution in [0.25, 0.3) is 5.52 Å². The van der Waals surface area contributed by atoms with E-state index in [1.165, 1.54) is 12.8 Å². The van der Waals surface area contributed by atoms with Crippen molar-refractivity contribution < 1.29 is 9.90 Å². The minimum atomic E-state index is -0.966. The normalized spacial score (nSPS) is 19.7. The summed E-state index contributed by atoms with van der Waals surface area (Å²) in [6.45, 7) is 1.04. The molecule has 100 valence electrons. The van der Waals surface area contributed by atoms with Crippen molar-refractivity contribution in [2.75, 3.05) is 6.54 Å². The van der Waals surface area contributed by atoms with Crippen LogP contribution in [-0.2, 0) is 6.42 Å². The number of hydrogen-bond donors (Lipinski definition) is 2. The molecule has 0 amide bonds. The third kappa shape index (κ3) is 2.33. The molecular weight excluding hydrogens is 242 g/mol. The Morgan fingerprint density at radius 2 is 2.37 bits per heavy atom. The van der Waals surface area contributed by atoms with Gasteiger partial charge in [-0.1, -0.05) is 12.5 Å². The first kappa shape index (κ1) is 12.2. The molecule has 1 unspecified atom stereocenters. The molecule has 0 spiro atoms. The smallest absolute Gasteiger partial charge is 0.356 e. The molecule has 0 saturated carbocycles. The SMILES string of the molecule is O=C(O)c1nc(CC2CCCCN2)n2ccccc12. The fraction of sp³-hybridized carbons (Fsp3) is 0.429. The molecule has 3 rings (SSSR count). The highest BCUT2D eigenvalue weighted by Crippen LogP contribution is 2.17. The molecule has 1 fully saturated rings. The Bertz CT molecular complexity index is 600. The first-order valence-electron chi connectivity index (χ1n) is 6.68. The van der Waals surface area contributed by atoms with Crippen molar-refractivity contribution in [1.82, 2.24) is 14.7 Å². The van der Waals surface area contributed by atoms with Crippen molar-refractivity contribution in [1.29, 1.82) is 0 Å². The van der Waals surface area contributed by atoms with E-state index in [9.17, 15) is 9.90 Å². The van der Waals surface area contributed by atoms with E-state index in [-0.39, 0.29) is 5.69 Å². The fourth-order valence-electron chi connectivity index (χ4n) is 2.72. The van der Waals surface area contributed by atoms with Gasteiger partial charge in [0, 0.05) is 18.7 Å². The number of hydrogen-bond acceptors (Lipinski definition) is 3. The largest absolute Gasteiger partial charge is 0.476 e. The highest BCUT2D eigenvalue weighted by atomic mass is 16.4. The number of rotatable bonds is 3. The third-order valence-corrected chi connectivity index (χ3v) is 3.67. The Kier molecular flexibility index (Phi) is 3.21. The Morgan fingerprint density at radius 1 is 1.47 bits per heavy atom. The summed E-state index contributed by atoms with van der Waals surface area (Å²) >= 11 is 0. The van der Waals surface area contributed by atoms with E-state index in [1.54, 1.807) is 6.07 Å². The maximum absolute atomic E-state index is 11.2. The summed E-state index contributed by atoms with van der Waals surface area (Å²) in [5.41, 5.74) is 0.812. The van der Waals surface area contributed by atoms with Crippen molar-refractivity contribution in [2.24, 2.45) is 0 Å². The van der Waals surface area contributed by atoms with Crippen molar-refractivity contribution in [3.8, 4) is 0 Å². The summed E-state index contributed by atoms with van der Waals surface area (Å²) in [7, 11) is 0. The monoisotopic (exact) mass is 259 g/mol. The van der Waals surface area contributed by atoms with Crippen LogP contribution in [0.4, 0.5) is 0 Å². The van der Waals surface area contributed by atoms with Gasteiger partial charge in [-0.3, -0.25) is 0 Å². The molecule has 1 atom stereocenters. The van der Waals surface area contributed by atoms with Gasteiger partial charge in [-0.15, -0.1) is 0 Å². The zero-order chi connectivity index (χ0) is 13.2. The van der Waals surface area contributed by atoms with Crippen LogP contribution in [0.15, 0.2) is 24.4 Å². The number of fused-ring (bicyclic) bond motifs is 1. The van der Waals surface area contributed by atoms with Crippen LogP contribution >= 0.6 is 0 Å². The molecule has 1 aliphatic heterocycles. The van der Waals surface area contributed by atoms with Gasteiger partial charge in [0.15, 0.2) is 5.69 Å². The lowest BCUT2D eigenvalue weighted by molar-refractivity contribution is 0.0693. The molecule has 3 heterocycles. The van der Waals surface area contributed by atoms with Crippen molar-refractivity contribution in [3.63, 3.8) is 0 Å². The van der Waals surface area contributed by atoms with Gasteiger partial charge < -0.3 is 14.8 Å². The number of carbonyl (C=O) groups is 1. The minimum Gasteiger partial charge on any atom is -0.476 e. The van der Waals surface area contributed by atoms with Crippen LogP contribution in [0.3, 0.4) is 0 Å². The minimum absolute atomic E-state index is 0.145. The lowest BCUT2D eigenvalue weighted by atomic mass is 10.0. The second kappa shape index (κ2) is 5.01. The molecule has 0 radical (unpaired) electrons. The molecule has 1 aliphatic rings. The highest BCUT2D eigenvalue weighted by molar-refractivity contribution is 5.93. The zero-order valence-electron chi connectivity index (χ0n) is 10.7. The molecular formula is C14H17N3O2. The van der Waals surface area contributed by atoms with Crippen LogP contribution in [-0.4, -0.2) is 33.0 Å². The van der Waals surface area contributed by atoms with Crippen molar-refractivity contribution >= 4 is 11.5 Å². The van der Waals surface area contributed by atoms with Crippen molar-refractivity contribution in [3.05, 3.63) is 35.9 Å². The average Bonchev–Trinajstić information content (AvgIpc) is 2.79. The predicted octanol–water partition coefficient (Wildman–Crippen LogP) is 1.72. The lowest BCUT2D eigenvalue weighted by Gasteiger charge is -2.22. The van der Waals surface area contributed by atoms with Crippen molar-refractivity contribution in [2.45, 2.75) is 31.7 Å². The van der Waals surface area contributed by atoms with E-state index in [1.807, 2.05) is 22.7 Å². The molecule has 2 aromatic heterocycles. The summed E-state index contributed by atoms with van der Waals surface area (Å²) in [6, 6.07) is 5.94. The Morgan fingerprint density at radius 3 is 3.11 bits per heavy atom. The molecule has 2 aromatic rings. The molecule has 0 aliphatic carbocycles. The first-order valence-corrected chi connectivity index (χ1v) is 6.68. The second-order valence-corrected chi connectivity index (χ2v) is 4.99. The van der Waals surface area contributed by atoms with Crippen LogP contribution < -0.4 is 5.32 Å². The Hall–Kier alpha value is -1.88. The van der Waals surface area contributed by atoms with Crippen LogP contribution in [0.5, 0.6) is 0 Å².